The van der Waals surface area contributed by atoms with Crippen molar-refractivity contribution >= 4 is 5.97 Å². The quantitative estimate of drug-likeness (QED) is 0.929. The number of ether oxygens (including phenoxy) is 1. The molecule has 1 N–H and O–H groups in total. The molecule has 110 valence electrons. The summed E-state index contributed by atoms with van der Waals surface area (Å²) >= 11 is 0. The highest BCUT2D eigenvalue weighted by Gasteiger charge is 2.14. The van der Waals surface area contributed by atoms with Gasteiger partial charge in [-0.2, -0.15) is 0 Å². The maximum absolute atomic E-state index is 11.2. The van der Waals surface area contributed by atoms with Gasteiger partial charge in [-0.25, -0.2) is 4.79 Å². The number of pyridine rings is 1. The zero-order valence-corrected chi connectivity index (χ0v) is 12.7. The molecule has 0 spiro atoms. The minimum atomic E-state index is -0.939. The fourth-order valence-corrected chi connectivity index (χ4v) is 2.39. The van der Waals surface area contributed by atoms with Gasteiger partial charge >= 0.3 is 5.97 Å². The van der Waals surface area contributed by atoms with E-state index in [1.807, 2.05) is 37.3 Å². The van der Waals surface area contributed by atoms with Crippen LogP contribution in [0.25, 0.3) is 11.3 Å². The lowest BCUT2D eigenvalue weighted by Gasteiger charge is -2.12. The Balaban J connectivity index is 2.50. The SMILES string of the molecule is COC(C)c1cccc(-c2cc(C)c(C(=O)O)c(C)n2)c1. The van der Waals surface area contributed by atoms with Crippen molar-refractivity contribution in [3.8, 4) is 11.3 Å². The van der Waals surface area contributed by atoms with Crippen molar-refractivity contribution in [1.29, 1.82) is 0 Å². The van der Waals surface area contributed by atoms with E-state index in [1.54, 1.807) is 21.0 Å². The topological polar surface area (TPSA) is 59.4 Å². The van der Waals surface area contributed by atoms with Crippen molar-refractivity contribution < 1.29 is 14.6 Å². The van der Waals surface area contributed by atoms with Crippen molar-refractivity contribution in [3.05, 3.63) is 52.7 Å². The number of methoxy groups -OCH3 is 1. The van der Waals surface area contributed by atoms with Crippen LogP contribution in [0.2, 0.25) is 0 Å². The zero-order chi connectivity index (χ0) is 15.6. The number of aryl methyl sites for hydroxylation is 2. The molecule has 0 amide bonds. The molecule has 4 nitrogen and oxygen atoms in total. The number of carboxylic acid groups (broad SMARTS) is 1. The van der Waals surface area contributed by atoms with Gasteiger partial charge in [0.1, 0.15) is 0 Å². The highest BCUT2D eigenvalue weighted by Crippen LogP contribution is 2.25. The molecule has 21 heavy (non-hydrogen) atoms. The highest BCUT2D eigenvalue weighted by molar-refractivity contribution is 5.91. The van der Waals surface area contributed by atoms with E-state index < -0.39 is 5.97 Å². The van der Waals surface area contributed by atoms with Gasteiger partial charge in [-0.15, -0.1) is 0 Å². The molecule has 0 saturated carbocycles. The lowest BCUT2D eigenvalue weighted by Crippen LogP contribution is -2.06. The largest absolute Gasteiger partial charge is 0.478 e. The van der Waals surface area contributed by atoms with Crippen LogP contribution in [0.5, 0.6) is 0 Å². The van der Waals surface area contributed by atoms with Crippen molar-refractivity contribution in [2.45, 2.75) is 26.9 Å². The number of carboxylic acids is 1. The van der Waals surface area contributed by atoms with E-state index in [-0.39, 0.29) is 11.7 Å². The fourth-order valence-electron chi connectivity index (χ4n) is 2.39. The first-order valence-corrected chi connectivity index (χ1v) is 6.78. The number of benzene rings is 1. The maximum atomic E-state index is 11.2. The number of hydrogen-bond donors (Lipinski definition) is 1. The van der Waals surface area contributed by atoms with Gasteiger partial charge in [-0.3, -0.25) is 4.98 Å². The Bertz CT molecular complexity index is 656. The summed E-state index contributed by atoms with van der Waals surface area (Å²) in [7, 11) is 1.67. The normalized spacial score (nSPS) is 12.2. The monoisotopic (exact) mass is 285 g/mol. The van der Waals surface area contributed by atoms with Crippen LogP contribution >= 0.6 is 0 Å². The molecule has 4 heteroatoms. The summed E-state index contributed by atoms with van der Waals surface area (Å²) in [5, 5.41) is 9.20. The molecule has 2 aromatic rings. The predicted molar refractivity (Wildman–Crippen MR) is 81.5 cm³/mol. The van der Waals surface area contributed by atoms with Crippen LogP contribution in [0.4, 0.5) is 0 Å². The van der Waals surface area contributed by atoms with Crippen LogP contribution in [-0.4, -0.2) is 23.2 Å². The molecule has 0 aliphatic heterocycles. The average Bonchev–Trinajstić information content (AvgIpc) is 2.45. The van der Waals surface area contributed by atoms with Gasteiger partial charge < -0.3 is 9.84 Å². The summed E-state index contributed by atoms with van der Waals surface area (Å²) in [6, 6.07) is 9.76. The minimum Gasteiger partial charge on any atom is -0.478 e. The lowest BCUT2D eigenvalue weighted by atomic mass is 10.0. The van der Waals surface area contributed by atoms with Crippen LogP contribution in [-0.2, 0) is 4.74 Å². The summed E-state index contributed by atoms with van der Waals surface area (Å²) < 4.78 is 5.33. The second-order valence-electron chi connectivity index (χ2n) is 5.09. The van der Waals surface area contributed by atoms with Crippen LogP contribution < -0.4 is 0 Å². The Morgan fingerprint density at radius 1 is 1.29 bits per heavy atom. The number of aromatic carboxylic acids is 1. The third-order valence-corrected chi connectivity index (χ3v) is 3.62. The molecule has 0 aliphatic carbocycles. The second kappa shape index (κ2) is 6.06. The average molecular weight is 285 g/mol. The molecular weight excluding hydrogens is 266 g/mol. The molecule has 1 aromatic heterocycles. The Morgan fingerprint density at radius 2 is 2.00 bits per heavy atom. The molecule has 1 atom stereocenters. The molecule has 2 rings (SSSR count). The smallest absolute Gasteiger partial charge is 0.337 e. The molecule has 0 radical (unpaired) electrons. The Kier molecular flexibility index (Phi) is 4.38. The molecular formula is C17H19NO3. The summed E-state index contributed by atoms with van der Waals surface area (Å²) in [6.45, 7) is 5.50. The Morgan fingerprint density at radius 3 is 2.57 bits per heavy atom. The zero-order valence-electron chi connectivity index (χ0n) is 12.7. The molecule has 1 aromatic carbocycles. The first kappa shape index (κ1) is 15.2. The van der Waals surface area contributed by atoms with Gasteiger partial charge in [0, 0.05) is 12.7 Å². The van der Waals surface area contributed by atoms with Crippen molar-refractivity contribution in [2.75, 3.05) is 7.11 Å². The number of nitrogens with zero attached hydrogens (tertiary/aromatic N) is 1. The summed E-state index contributed by atoms with van der Waals surface area (Å²) in [4.78, 5) is 15.6. The number of aromatic nitrogens is 1. The highest BCUT2D eigenvalue weighted by atomic mass is 16.5. The summed E-state index contributed by atoms with van der Waals surface area (Å²) in [6.07, 6.45) is 0.00503. The predicted octanol–water partition coefficient (Wildman–Crippen LogP) is 3.77. The molecule has 0 bridgehead atoms. The molecule has 1 unspecified atom stereocenters. The van der Waals surface area contributed by atoms with Crippen molar-refractivity contribution in [2.24, 2.45) is 0 Å². The van der Waals surface area contributed by atoms with Crippen LogP contribution in [0.1, 0.15) is 40.2 Å². The van der Waals surface area contributed by atoms with E-state index in [2.05, 4.69) is 4.98 Å². The van der Waals surface area contributed by atoms with E-state index >= 15 is 0 Å². The van der Waals surface area contributed by atoms with Crippen molar-refractivity contribution in [1.82, 2.24) is 4.98 Å². The fraction of sp³-hybridized carbons (Fsp3) is 0.294. The van der Waals surface area contributed by atoms with E-state index in [1.165, 1.54) is 0 Å². The second-order valence-corrected chi connectivity index (χ2v) is 5.09. The number of hydrogen-bond acceptors (Lipinski definition) is 3. The molecule has 0 saturated heterocycles. The van der Waals surface area contributed by atoms with Gasteiger partial charge in [0.2, 0.25) is 0 Å². The third kappa shape index (κ3) is 3.11. The van der Waals surface area contributed by atoms with Gasteiger partial charge in [0.15, 0.2) is 0 Å². The molecule has 1 heterocycles. The summed E-state index contributed by atoms with van der Waals surface area (Å²) in [5.41, 5.74) is 4.33. The maximum Gasteiger partial charge on any atom is 0.337 e. The van der Waals surface area contributed by atoms with Crippen LogP contribution in [0.3, 0.4) is 0 Å². The van der Waals surface area contributed by atoms with Crippen LogP contribution in [0.15, 0.2) is 30.3 Å². The van der Waals surface area contributed by atoms with Gasteiger partial charge in [0.05, 0.1) is 23.1 Å². The van der Waals surface area contributed by atoms with Crippen LogP contribution in [0, 0.1) is 13.8 Å². The van der Waals surface area contributed by atoms with Gasteiger partial charge in [0.25, 0.3) is 0 Å². The standard InChI is InChI=1S/C17H19NO3/c1-10-8-15(18-11(2)16(10)17(19)20)14-7-5-6-13(9-14)12(3)21-4/h5-9,12H,1-4H3,(H,19,20). The first-order chi connectivity index (χ1) is 9.93. The van der Waals surface area contributed by atoms with E-state index in [9.17, 15) is 9.90 Å². The molecule has 0 aliphatic rings. The van der Waals surface area contributed by atoms with E-state index in [0.717, 1.165) is 22.4 Å². The van der Waals surface area contributed by atoms with E-state index in [4.69, 9.17) is 4.74 Å². The Labute approximate surface area is 124 Å². The van der Waals surface area contributed by atoms with Gasteiger partial charge in [-0.1, -0.05) is 18.2 Å². The Hall–Kier alpha value is -2.20. The molecule has 0 fully saturated rings. The first-order valence-electron chi connectivity index (χ1n) is 6.78. The van der Waals surface area contributed by atoms with E-state index in [0.29, 0.717) is 5.69 Å². The minimum absolute atomic E-state index is 0.00503. The van der Waals surface area contributed by atoms with Crippen molar-refractivity contribution in [3.63, 3.8) is 0 Å². The lowest BCUT2D eigenvalue weighted by molar-refractivity contribution is 0.0695. The number of carbonyl (C=O) groups is 1. The third-order valence-electron chi connectivity index (χ3n) is 3.62. The number of rotatable bonds is 4. The van der Waals surface area contributed by atoms with Gasteiger partial charge in [-0.05, 0) is 44.0 Å². The summed E-state index contributed by atoms with van der Waals surface area (Å²) in [5.74, 6) is -0.939.